The van der Waals surface area contributed by atoms with E-state index >= 15 is 0 Å². The Labute approximate surface area is 130 Å². The van der Waals surface area contributed by atoms with E-state index in [9.17, 15) is 14.0 Å². The number of benzene rings is 1. The molecule has 0 saturated heterocycles. The van der Waals surface area contributed by atoms with Crippen LogP contribution in [0.15, 0.2) is 59.7 Å². The van der Waals surface area contributed by atoms with Crippen LogP contribution in [0.3, 0.4) is 0 Å². The summed E-state index contributed by atoms with van der Waals surface area (Å²) in [7, 11) is 0. The first kappa shape index (κ1) is 14.6. The van der Waals surface area contributed by atoms with Crippen LogP contribution in [-0.4, -0.2) is 20.4 Å². The molecule has 0 spiro atoms. The minimum atomic E-state index is -0.846. The van der Waals surface area contributed by atoms with Crippen molar-refractivity contribution in [3.63, 3.8) is 0 Å². The first-order chi connectivity index (χ1) is 11.1. The van der Waals surface area contributed by atoms with Gasteiger partial charge < -0.3 is 5.73 Å². The molecule has 0 atom stereocenters. The Morgan fingerprint density at radius 2 is 2.00 bits per heavy atom. The number of aromatic nitrogens is 3. The maximum Gasteiger partial charge on any atom is 0.286 e. The summed E-state index contributed by atoms with van der Waals surface area (Å²) in [6.45, 7) is 0. The van der Waals surface area contributed by atoms with Gasteiger partial charge >= 0.3 is 0 Å². The Hall–Kier alpha value is -3.35. The zero-order valence-corrected chi connectivity index (χ0v) is 11.8. The van der Waals surface area contributed by atoms with Gasteiger partial charge in [-0.1, -0.05) is 18.2 Å². The molecule has 6 nitrogen and oxygen atoms in total. The molecule has 2 heterocycles. The molecule has 1 aromatic carbocycles. The number of amides is 1. The third-order valence-corrected chi connectivity index (χ3v) is 3.18. The molecule has 0 aliphatic carbocycles. The fraction of sp³-hybridized carbons (Fsp3) is 0. The fourth-order valence-corrected chi connectivity index (χ4v) is 2.13. The topological polar surface area (TPSA) is 90.9 Å². The summed E-state index contributed by atoms with van der Waals surface area (Å²) >= 11 is 0. The van der Waals surface area contributed by atoms with Crippen LogP contribution in [0.2, 0.25) is 0 Å². The average Bonchev–Trinajstić information content (AvgIpc) is 2.55. The van der Waals surface area contributed by atoms with Crippen LogP contribution in [0.25, 0.3) is 16.9 Å². The number of carbonyl (C=O) groups is 1. The van der Waals surface area contributed by atoms with E-state index in [0.717, 1.165) is 6.20 Å². The van der Waals surface area contributed by atoms with Gasteiger partial charge in [0.05, 0.1) is 6.20 Å². The Balaban J connectivity index is 2.14. The van der Waals surface area contributed by atoms with Gasteiger partial charge in [-0.2, -0.15) is 0 Å². The van der Waals surface area contributed by atoms with Crippen molar-refractivity contribution in [3.05, 3.63) is 76.9 Å². The summed E-state index contributed by atoms with van der Waals surface area (Å²) in [5.74, 6) is -1.81. The lowest BCUT2D eigenvalue weighted by Crippen LogP contribution is -2.16. The molecule has 23 heavy (non-hydrogen) atoms. The first-order valence-electron chi connectivity index (χ1n) is 6.67. The third-order valence-electron chi connectivity index (χ3n) is 3.18. The molecule has 0 bridgehead atoms. The molecular formula is C16H11FN4O2. The highest BCUT2D eigenvalue weighted by Crippen LogP contribution is 2.22. The van der Waals surface area contributed by atoms with Crippen molar-refractivity contribution in [2.45, 2.75) is 0 Å². The predicted octanol–water partition coefficient (Wildman–Crippen LogP) is 1.53. The quantitative estimate of drug-likeness (QED) is 0.794. The van der Waals surface area contributed by atoms with Crippen LogP contribution in [-0.2, 0) is 0 Å². The molecule has 2 aromatic heterocycles. The normalized spacial score (nSPS) is 10.5. The summed E-state index contributed by atoms with van der Waals surface area (Å²) in [5, 5.41) is 0. The van der Waals surface area contributed by atoms with Gasteiger partial charge in [-0.15, -0.1) is 0 Å². The summed E-state index contributed by atoms with van der Waals surface area (Å²) in [5.41, 5.74) is 5.80. The zero-order valence-electron chi connectivity index (χ0n) is 11.8. The SMILES string of the molecule is NC(=O)c1ncc(F)c(-c2cccc(-n3ccccc3=O)c2)n1. The molecule has 3 rings (SSSR count). The van der Waals surface area contributed by atoms with E-state index < -0.39 is 11.7 Å². The number of nitrogens with two attached hydrogens (primary N) is 1. The lowest BCUT2D eigenvalue weighted by molar-refractivity contribution is 0.0990. The number of nitrogens with zero attached hydrogens (tertiary/aromatic N) is 3. The molecular weight excluding hydrogens is 299 g/mol. The van der Waals surface area contributed by atoms with E-state index in [2.05, 4.69) is 9.97 Å². The zero-order chi connectivity index (χ0) is 16.4. The molecule has 3 aromatic rings. The van der Waals surface area contributed by atoms with E-state index in [1.165, 1.54) is 10.6 Å². The second-order valence-electron chi connectivity index (χ2n) is 4.71. The number of hydrogen-bond acceptors (Lipinski definition) is 4. The largest absolute Gasteiger partial charge is 0.363 e. The smallest absolute Gasteiger partial charge is 0.286 e. The van der Waals surface area contributed by atoms with Crippen molar-refractivity contribution in [1.29, 1.82) is 0 Å². The molecule has 0 saturated carbocycles. The van der Waals surface area contributed by atoms with Crippen molar-refractivity contribution in [2.75, 3.05) is 0 Å². The number of pyridine rings is 1. The van der Waals surface area contributed by atoms with Gasteiger partial charge in [-0.3, -0.25) is 14.2 Å². The lowest BCUT2D eigenvalue weighted by atomic mass is 10.1. The van der Waals surface area contributed by atoms with Crippen LogP contribution in [0.1, 0.15) is 10.6 Å². The molecule has 114 valence electrons. The molecule has 0 fully saturated rings. The van der Waals surface area contributed by atoms with E-state index in [4.69, 9.17) is 5.73 Å². The van der Waals surface area contributed by atoms with Crippen molar-refractivity contribution in [1.82, 2.24) is 14.5 Å². The van der Waals surface area contributed by atoms with Gasteiger partial charge in [-0.25, -0.2) is 14.4 Å². The van der Waals surface area contributed by atoms with Crippen LogP contribution in [0.4, 0.5) is 4.39 Å². The molecule has 0 aliphatic rings. The Morgan fingerprint density at radius 3 is 2.74 bits per heavy atom. The minimum Gasteiger partial charge on any atom is -0.363 e. The van der Waals surface area contributed by atoms with Gasteiger partial charge in [0.1, 0.15) is 5.69 Å². The highest BCUT2D eigenvalue weighted by molar-refractivity contribution is 5.89. The molecule has 0 radical (unpaired) electrons. The Kier molecular flexibility index (Phi) is 3.68. The molecule has 0 aliphatic heterocycles. The first-order valence-corrected chi connectivity index (χ1v) is 6.67. The number of hydrogen-bond donors (Lipinski definition) is 1. The van der Waals surface area contributed by atoms with E-state index in [1.807, 2.05) is 0 Å². The average molecular weight is 310 g/mol. The highest BCUT2D eigenvalue weighted by Gasteiger charge is 2.13. The summed E-state index contributed by atoms with van der Waals surface area (Å²) in [6, 6.07) is 11.3. The minimum absolute atomic E-state index is 0.0559. The molecule has 2 N–H and O–H groups in total. The third kappa shape index (κ3) is 2.84. The number of halogens is 1. The molecule has 0 unspecified atom stereocenters. The van der Waals surface area contributed by atoms with Gasteiger partial charge in [0.15, 0.2) is 5.82 Å². The Bertz CT molecular complexity index is 953. The van der Waals surface area contributed by atoms with Gasteiger partial charge in [0.25, 0.3) is 11.5 Å². The summed E-state index contributed by atoms with van der Waals surface area (Å²) in [4.78, 5) is 30.4. The number of primary amides is 1. The predicted molar refractivity (Wildman–Crippen MR) is 81.5 cm³/mol. The van der Waals surface area contributed by atoms with Crippen molar-refractivity contribution < 1.29 is 9.18 Å². The van der Waals surface area contributed by atoms with Crippen LogP contribution < -0.4 is 11.3 Å². The highest BCUT2D eigenvalue weighted by atomic mass is 19.1. The fourth-order valence-electron chi connectivity index (χ4n) is 2.13. The van der Waals surface area contributed by atoms with Crippen LogP contribution in [0, 0.1) is 5.82 Å². The summed E-state index contributed by atoms with van der Waals surface area (Å²) in [6.07, 6.45) is 2.50. The second kappa shape index (κ2) is 5.80. The summed E-state index contributed by atoms with van der Waals surface area (Å²) < 4.78 is 15.4. The monoisotopic (exact) mass is 310 g/mol. The number of rotatable bonds is 3. The van der Waals surface area contributed by atoms with Gasteiger partial charge in [0, 0.05) is 23.5 Å². The Morgan fingerprint density at radius 1 is 1.17 bits per heavy atom. The standard InChI is InChI=1S/C16H11FN4O2/c17-12-9-19-16(15(18)23)20-14(12)10-4-3-5-11(8-10)21-7-2-1-6-13(21)22/h1-9H,(H2,18,23). The molecule has 1 amide bonds. The number of carbonyl (C=O) groups excluding carboxylic acids is 1. The van der Waals surface area contributed by atoms with Crippen LogP contribution in [0.5, 0.6) is 0 Å². The van der Waals surface area contributed by atoms with E-state index in [-0.39, 0.29) is 17.1 Å². The van der Waals surface area contributed by atoms with Crippen molar-refractivity contribution in [2.24, 2.45) is 5.73 Å². The van der Waals surface area contributed by atoms with E-state index in [1.54, 1.807) is 42.6 Å². The molecule has 7 heteroatoms. The van der Waals surface area contributed by atoms with Crippen LogP contribution >= 0.6 is 0 Å². The second-order valence-corrected chi connectivity index (χ2v) is 4.71. The van der Waals surface area contributed by atoms with Crippen molar-refractivity contribution in [3.8, 4) is 16.9 Å². The maximum atomic E-state index is 14.0. The maximum absolute atomic E-state index is 14.0. The van der Waals surface area contributed by atoms with Gasteiger partial charge in [-0.05, 0) is 18.2 Å². The van der Waals surface area contributed by atoms with E-state index in [0.29, 0.717) is 11.3 Å². The lowest BCUT2D eigenvalue weighted by Gasteiger charge is -2.08. The van der Waals surface area contributed by atoms with Gasteiger partial charge in [0.2, 0.25) is 5.82 Å². The van der Waals surface area contributed by atoms with Crippen molar-refractivity contribution >= 4 is 5.91 Å².